The minimum atomic E-state index is -0.0504. The first kappa shape index (κ1) is 6.91. The van der Waals surface area contributed by atoms with E-state index in [9.17, 15) is 0 Å². The zero-order valence-electron chi connectivity index (χ0n) is 7.12. The SMILES string of the molecule is N#CC1OC12CCC1CCCC12. The van der Waals surface area contributed by atoms with Gasteiger partial charge in [0.15, 0.2) is 6.10 Å². The zero-order valence-corrected chi connectivity index (χ0v) is 7.12. The summed E-state index contributed by atoms with van der Waals surface area (Å²) >= 11 is 0. The molecule has 3 fully saturated rings. The van der Waals surface area contributed by atoms with Crippen molar-refractivity contribution in [2.75, 3.05) is 0 Å². The summed E-state index contributed by atoms with van der Waals surface area (Å²) in [5, 5.41) is 8.78. The molecule has 2 aliphatic carbocycles. The van der Waals surface area contributed by atoms with Gasteiger partial charge in [-0.15, -0.1) is 0 Å². The van der Waals surface area contributed by atoms with Crippen LogP contribution >= 0.6 is 0 Å². The number of hydrogen-bond acceptors (Lipinski definition) is 2. The highest BCUT2D eigenvalue weighted by molar-refractivity contribution is 5.21. The lowest BCUT2D eigenvalue weighted by Crippen LogP contribution is -2.21. The van der Waals surface area contributed by atoms with Gasteiger partial charge in [0, 0.05) is 0 Å². The van der Waals surface area contributed by atoms with Crippen LogP contribution in [0.15, 0.2) is 0 Å². The van der Waals surface area contributed by atoms with E-state index in [1.165, 1.54) is 25.7 Å². The number of ether oxygens (including phenoxy) is 1. The maximum absolute atomic E-state index is 8.78. The molecule has 0 aromatic carbocycles. The van der Waals surface area contributed by atoms with Crippen LogP contribution in [0.3, 0.4) is 0 Å². The summed E-state index contributed by atoms with van der Waals surface area (Å²) in [6.07, 6.45) is 6.46. The van der Waals surface area contributed by atoms with Gasteiger partial charge in [-0.05, 0) is 31.1 Å². The molecule has 3 aliphatic rings. The minimum Gasteiger partial charge on any atom is -0.350 e. The molecular formula is C10H13NO. The molecule has 2 heteroatoms. The van der Waals surface area contributed by atoms with Gasteiger partial charge in [0.2, 0.25) is 0 Å². The molecule has 0 radical (unpaired) electrons. The highest BCUT2D eigenvalue weighted by Gasteiger charge is 2.66. The van der Waals surface area contributed by atoms with Crippen LogP contribution in [0.2, 0.25) is 0 Å². The van der Waals surface area contributed by atoms with Crippen molar-refractivity contribution >= 4 is 0 Å². The van der Waals surface area contributed by atoms with Gasteiger partial charge in [0.25, 0.3) is 0 Å². The molecule has 1 saturated heterocycles. The third kappa shape index (κ3) is 0.641. The van der Waals surface area contributed by atoms with Crippen molar-refractivity contribution in [3.05, 3.63) is 0 Å². The third-order valence-electron chi connectivity index (χ3n) is 4.03. The maximum atomic E-state index is 8.78. The van der Waals surface area contributed by atoms with Crippen LogP contribution in [0.1, 0.15) is 32.1 Å². The lowest BCUT2D eigenvalue weighted by molar-refractivity contribution is 0.233. The van der Waals surface area contributed by atoms with Gasteiger partial charge in [-0.25, -0.2) is 0 Å². The van der Waals surface area contributed by atoms with Crippen LogP contribution in [0.5, 0.6) is 0 Å². The largest absolute Gasteiger partial charge is 0.350 e. The molecule has 1 heterocycles. The number of nitriles is 1. The summed E-state index contributed by atoms with van der Waals surface area (Å²) in [4.78, 5) is 0. The van der Waals surface area contributed by atoms with Crippen molar-refractivity contribution in [1.82, 2.24) is 0 Å². The highest BCUT2D eigenvalue weighted by Crippen LogP contribution is 2.60. The number of epoxide rings is 1. The van der Waals surface area contributed by atoms with Crippen LogP contribution in [0, 0.1) is 23.2 Å². The van der Waals surface area contributed by atoms with Crippen molar-refractivity contribution in [3.8, 4) is 6.07 Å². The van der Waals surface area contributed by atoms with E-state index in [1.54, 1.807) is 0 Å². The molecule has 0 aromatic rings. The van der Waals surface area contributed by atoms with E-state index in [0.717, 1.165) is 18.3 Å². The Morgan fingerprint density at radius 3 is 3.00 bits per heavy atom. The molecule has 1 spiro atoms. The molecule has 0 amide bonds. The van der Waals surface area contributed by atoms with Crippen molar-refractivity contribution in [2.45, 2.75) is 43.8 Å². The van der Waals surface area contributed by atoms with Gasteiger partial charge >= 0.3 is 0 Å². The molecular weight excluding hydrogens is 150 g/mol. The predicted molar refractivity (Wildman–Crippen MR) is 43.3 cm³/mol. The van der Waals surface area contributed by atoms with Crippen LogP contribution in [-0.4, -0.2) is 11.7 Å². The van der Waals surface area contributed by atoms with Gasteiger partial charge < -0.3 is 4.74 Å². The summed E-state index contributed by atoms with van der Waals surface area (Å²) in [5.74, 6) is 1.63. The van der Waals surface area contributed by atoms with Crippen LogP contribution in [0.4, 0.5) is 0 Å². The number of hydrogen-bond donors (Lipinski definition) is 0. The lowest BCUT2D eigenvalue weighted by Gasteiger charge is -2.12. The Morgan fingerprint density at radius 2 is 2.25 bits per heavy atom. The first-order valence-corrected chi connectivity index (χ1v) is 4.94. The van der Waals surface area contributed by atoms with Gasteiger partial charge in [-0.3, -0.25) is 0 Å². The summed E-state index contributed by atoms with van der Waals surface area (Å²) in [6, 6.07) is 2.26. The molecule has 64 valence electrons. The second-order valence-electron chi connectivity index (χ2n) is 4.42. The Hall–Kier alpha value is -0.550. The van der Waals surface area contributed by atoms with E-state index >= 15 is 0 Å². The summed E-state index contributed by atoms with van der Waals surface area (Å²) in [7, 11) is 0. The predicted octanol–water partition coefficient (Wildman–Crippen LogP) is 1.86. The Kier molecular flexibility index (Phi) is 1.17. The Balaban J connectivity index is 1.87. The summed E-state index contributed by atoms with van der Waals surface area (Å²) in [5.41, 5.74) is 0.0515. The Labute approximate surface area is 72.5 Å². The number of fused-ring (bicyclic) bond motifs is 2. The highest BCUT2D eigenvalue weighted by atomic mass is 16.6. The quantitative estimate of drug-likeness (QED) is 0.511. The van der Waals surface area contributed by atoms with Crippen molar-refractivity contribution in [1.29, 1.82) is 5.26 Å². The number of nitrogens with zero attached hydrogens (tertiary/aromatic N) is 1. The molecule has 4 unspecified atom stereocenters. The van der Waals surface area contributed by atoms with Gasteiger partial charge in [-0.1, -0.05) is 12.8 Å². The van der Waals surface area contributed by atoms with E-state index in [0.29, 0.717) is 0 Å². The molecule has 0 aromatic heterocycles. The molecule has 3 rings (SSSR count). The standard InChI is InChI=1S/C10H13NO/c11-6-9-10(12-9)5-4-7-2-1-3-8(7)10/h7-9H,1-5H2. The van der Waals surface area contributed by atoms with Gasteiger partial charge in [-0.2, -0.15) is 5.26 Å². The smallest absolute Gasteiger partial charge is 0.173 e. The Bertz CT molecular complexity index is 257. The summed E-state index contributed by atoms with van der Waals surface area (Å²) in [6.45, 7) is 0. The normalized spacial score (nSPS) is 55.4. The minimum absolute atomic E-state index is 0.0504. The van der Waals surface area contributed by atoms with Gasteiger partial charge in [0.05, 0.1) is 6.07 Å². The first-order valence-electron chi connectivity index (χ1n) is 4.94. The molecule has 1 aliphatic heterocycles. The second kappa shape index (κ2) is 2.03. The second-order valence-corrected chi connectivity index (χ2v) is 4.42. The van der Waals surface area contributed by atoms with Crippen LogP contribution in [-0.2, 0) is 4.74 Å². The topological polar surface area (TPSA) is 36.3 Å². The van der Waals surface area contributed by atoms with Crippen LogP contribution < -0.4 is 0 Å². The zero-order chi connectivity index (χ0) is 8.18. The van der Waals surface area contributed by atoms with Crippen molar-refractivity contribution in [2.24, 2.45) is 11.8 Å². The third-order valence-corrected chi connectivity index (χ3v) is 4.03. The number of rotatable bonds is 0. The van der Waals surface area contributed by atoms with Crippen molar-refractivity contribution < 1.29 is 4.74 Å². The Morgan fingerprint density at radius 1 is 1.33 bits per heavy atom. The fraction of sp³-hybridized carbons (Fsp3) is 0.900. The van der Waals surface area contributed by atoms with E-state index in [2.05, 4.69) is 6.07 Å². The maximum Gasteiger partial charge on any atom is 0.173 e. The average molecular weight is 163 g/mol. The molecule has 0 N–H and O–H groups in total. The molecule has 12 heavy (non-hydrogen) atoms. The van der Waals surface area contributed by atoms with Gasteiger partial charge in [0.1, 0.15) is 5.60 Å². The summed E-state index contributed by atoms with van der Waals surface area (Å²) < 4.78 is 5.57. The first-order chi connectivity index (χ1) is 5.87. The fourth-order valence-corrected chi connectivity index (χ4v) is 3.41. The molecule has 0 bridgehead atoms. The monoisotopic (exact) mass is 163 g/mol. The van der Waals surface area contributed by atoms with E-state index in [-0.39, 0.29) is 11.7 Å². The average Bonchev–Trinajstić information content (AvgIpc) is 2.41. The van der Waals surface area contributed by atoms with E-state index in [1.807, 2.05) is 0 Å². The lowest BCUT2D eigenvalue weighted by atomic mass is 9.89. The van der Waals surface area contributed by atoms with E-state index < -0.39 is 0 Å². The van der Waals surface area contributed by atoms with E-state index in [4.69, 9.17) is 10.00 Å². The molecule has 2 nitrogen and oxygen atoms in total. The fourth-order valence-electron chi connectivity index (χ4n) is 3.41. The molecule has 2 saturated carbocycles. The molecule has 4 atom stereocenters. The van der Waals surface area contributed by atoms with Crippen LogP contribution in [0.25, 0.3) is 0 Å². The van der Waals surface area contributed by atoms with Crippen molar-refractivity contribution in [3.63, 3.8) is 0 Å².